The van der Waals surface area contributed by atoms with Crippen LogP contribution in [-0.2, 0) is 27.5 Å². The van der Waals surface area contributed by atoms with Crippen LogP contribution in [-0.4, -0.2) is 37.0 Å². The number of sulfonamides is 1. The molecule has 1 unspecified atom stereocenters. The Morgan fingerprint density at radius 1 is 1.14 bits per heavy atom. The summed E-state index contributed by atoms with van der Waals surface area (Å²) in [6.07, 6.45) is -3.87. The summed E-state index contributed by atoms with van der Waals surface area (Å²) in [6.45, 7) is 3.69. The molecule has 1 fully saturated rings. The first-order chi connectivity index (χ1) is 16.4. The minimum Gasteiger partial charge on any atom is -0.377 e. The molecule has 6 nitrogen and oxygen atoms in total. The number of benzene rings is 2. The van der Waals surface area contributed by atoms with Gasteiger partial charge in [-0.2, -0.15) is 17.5 Å². The van der Waals surface area contributed by atoms with Gasteiger partial charge in [0.15, 0.2) is 0 Å². The smallest absolute Gasteiger partial charge is 0.377 e. The SMILES string of the molecule is Cc1ccc(C)c2[nH]c(=O)c(CN(CC3CCCO3)S(=O)(=O)c3cc(C(F)(F)F)ccc3Cl)cc12. The molecule has 2 aromatic carbocycles. The molecule has 0 spiro atoms. The molecule has 0 aliphatic carbocycles. The van der Waals surface area contributed by atoms with Gasteiger partial charge < -0.3 is 9.72 Å². The van der Waals surface area contributed by atoms with Crippen molar-refractivity contribution in [1.29, 1.82) is 0 Å². The number of hydrogen-bond acceptors (Lipinski definition) is 4. The number of nitrogens with one attached hydrogen (secondary N) is 1. The molecule has 1 aliphatic rings. The summed E-state index contributed by atoms with van der Waals surface area (Å²) in [4.78, 5) is 15.0. The Labute approximate surface area is 205 Å². The van der Waals surface area contributed by atoms with Crippen molar-refractivity contribution < 1.29 is 26.3 Å². The molecule has 0 bridgehead atoms. The lowest BCUT2D eigenvalue weighted by Gasteiger charge is -2.25. The highest BCUT2D eigenvalue weighted by atomic mass is 35.5. The zero-order valence-electron chi connectivity index (χ0n) is 19.1. The molecule has 1 N–H and O–H groups in total. The highest BCUT2D eigenvalue weighted by Crippen LogP contribution is 2.35. The largest absolute Gasteiger partial charge is 0.416 e. The van der Waals surface area contributed by atoms with Gasteiger partial charge in [0.2, 0.25) is 10.0 Å². The number of alkyl halides is 3. The Kier molecular flexibility index (Phi) is 7.02. The topological polar surface area (TPSA) is 79.5 Å². The predicted octanol–water partition coefficient (Wildman–Crippen LogP) is 5.19. The molecule has 3 aromatic rings. The average molecular weight is 529 g/mol. The zero-order chi connectivity index (χ0) is 25.5. The van der Waals surface area contributed by atoms with Crippen LogP contribution in [0, 0.1) is 13.8 Å². The van der Waals surface area contributed by atoms with Gasteiger partial charge in [0.1, 0.15) is 4.90 Å². The number of halogens is 4. The summed E-state index contributed by atoms with van der Waals surface area (Å²) in [5.74, 6) is 0. The Bertz CT molecular complexity index is 1430. The van der Waals surface area contributed by atoms with Crippen LogP contribution in [0.25, 0.3) is 10.9 Å². The number of hydrogen-bond donors (Lipinski definition) is 1. The molecule has 4 rings (SSSR count). The standard InChI is InChI=1S/C24H24ClF3N2O4S/c1-14-5-6-15(2)22-19(14)10-16(23(31)29-22)12-30(13-18-4-3-9-34-18)35(32,33)21-11-17(24(26,27)28)7-8-20(21)25/h5-8,10-11,18H,3-4,9,12-13H2,1-2H3,(H,29,31). The fourth-order valence-electron chi connectivity index (χ4n) is 4.21. The van der Waals surface area contributed by atoms with Gasteiger partial charge in [-0.3, -0.25) is 4.79 Å². The van der Waals surface area contributed by atoms with Crippen molar-refractivity contribution in [3.63, 3.8) is 0 Å². The number of aromatic nitrogens is 1. The van der Waals surface area contributed by atoms with Crippen molar-refractivity contribution in [3.05, 3.63) is 74.0 Å². The Balaban J connectivity index is 1.81. The van der Waals surface area contributed by atoms with Gasteiger partial charge in [-0.25, -0.2) is 8.42 Å². The molecule has 1 aliphatic heterocycles. The number of aromatic amines is 1. The number of fused-ring (bicyclic) bond motifs is 1. The van der Waals surface area contributed by atoms with Crippen molar-refractivity contribution in [2.45, 2.75) is 50.4 Å². The second-order valence-corrected chi connectivity index (χ2v) is 11.0. The molecule has 35 heavy (non-hydrogen) atoms. The van der Waals surface area contributed by atoms with E-state index in [4.69, 9.17) is 16.3 Å². The van der Waals surface area contributed by atoms with Gasteiger partial charge in [-0.05, 0) is 62.1 Å². The van der Waals surface area contributed by atoms with Crippen LogP contribution >= 0.6 is 11.6 Å². The molecule has 2 heterocycles. The Hall–Kier alpha value is -2.40. The summed E-state index contributed by atoms with van der Waals surface area (Å²) in [5, 5.41) is 0.417. The van der Waals surface area contributed by atoms with E-state index in [-0.39, 0.29) is 23.7 Å². The molecule has 0 saturated carbocycles. The van der Waals surface area contributed by atoms with Crippen LogP contribution in [0.5, 0.6) is 0 Å². The normalized spacial score (nSPS) is 16.9. The molecular formula is C24H24ClF3N2O4S. The van der Waals surface area contributed by atoms with Gasteiger partial charge in [-0.15, -0.1) is 0 Å². The second kappa shape index (κ2) is 9.57. The first-order valence-electron chi connectivity index (χ1n) is 11.0. The molecule has 1 aromatic heterocycles. The molecule has 188 valence electrons. The predicted molar refractivity (Wildman–Crippen MR) is 127 cm³/mol. The zero-order valence-corrected chi connectivity index (χ0v) is 20.6. The van der Waals surface area contributed by atoms with E-state index in [0.717, 1.165) is 39.4 Å². The first kappa shape index (κ1) is 25.7. The van der Waals surface area contributed by atoms with E-state index in [1.165, 1.54) is 0 Å². The Morgan fingerprint density at radius 2 is 1.86 bits per heavy atom. The van der Waals surface area contributed by atoms with Crippen LogP contribution in [0.2, 0.25) is 5.02 Å². The number of ether oxygens (including phenoxy) is 1. The van der Waals surface area contributed by atoms with E-state index in [0.29, 0.717) is 24.6 Å². The third kappa shape index (κ3) is 5.25. The van der Waals surface area contributed by atoms with Gasteiger partial charge in [0.25, 0.3) is 5.56 Å². The minimum absolute atomic E-state index is 0.126. The molecule has 0 radical (unpaired) electrons. The highest BCUT2D eigenvalue weighted by Gasteiger charge is 2.36. The van der Waals surface area contributed by atoms with E-state index < -0.39 is 38.3 Å². The van der Waals surface area contributed by atoms with Gasteiger partial charge >= 0.3 is 6.18 Å². The van der Waals surface area contributed by atoms with Crippen molar-refractivity contribution in [1.82, 2.24) is 9.29 Å². The number of nitrogens with zero attached hydrogens (tertiary/aromatic N) is 1. The summed E-state index contributed by atoms with van der Waals surface area (Å²) in [5.41, 5.74) is 0.941. The van der Waals surface area contributed by atoms with Crippen LogP contribution < -0.4 is 5.56 Å². The van der Waals surface area contributed by atoms with Crippen molar-refractivity contribution in [2.75, 3.05) is 13.2 Å². The summed E-state index contributed by atoms with van der Waals surface area (Å²) in [7, 11) is -4.52. The maximum Gasteiger partial charge on any atom is 0.416 e. The third-order valence-corrected chi connectivity index (χ3v) is 8.47. The first-order valence-corrected chi connectivity index (χ1v) is 12.8. The number of aryl methyl sites for hydroxylation is 2. The Morgan fingerprint density at radius 3 is 2.51 bits per heavy atom. The maximum atomic E-state index is 13.6. The summed E-state index contributed by atoms with van der Waals surface area (Å²) >= 11 is 6.07. The van der Waals surface area contributed by atoms with Crippen molar-refractivity contribution in [2.24, 2.45) is 0 Å². The van der Waals surface area contributed by atoms with E-state index in [2.05, 4.69) is 4.98 Å². The van der Waals surface area contributed by atoms with Crippen molar-refractivity contribution >= 4 is 32.5 Å². The summed E-state index contributed by atoms with van der Waals surface area (Å²) in [6, 6.07) is 7.56. The number of rotatable bonds is 6. The van der Waals surface area contributed by atoms with Crippen LogP contribution in [0.1, 0.15) is 35.1 Å². The van der Waals surface area contributed by atoms with E-state index in [9.17, 15) is 26.4 Å². The van der Waals surface area contributed by atoms with Crippen LogP contribution in [0.15, 0.2) is 46.1 Å². The van der Waals surface area contributed by atoms with Gasteiger partial charge in [0, 0.05) is 30.6 Å². The van der Waals surface area contributed by atoms with Crippen LogP contribution in [0.4, 0.5) is 13.2 Å². The molecule has 11 heteroatoms. The van der Waals surface area contributed by atoms with E-state index in [1.54, 1.807) is 6.07 Å². The lowest BCUT2D eigenvalue weighted by Crippen LogP contribution is -2.38. The minimum atomic E-state index is -4.75. The fraction of sp³-hybridized carbons (Fsp3) is 0.375. The highest BCUT2D eigenvalue weighted by molar-refractivity contribution is 7.89. The monoisotopic (exact) mass is 528 g/mol. The van der Waals surface area contributed by atoms with Crippen LogP contribution in [0.3, 0.4) is 0 Å². The number of pyridine rings is 1. The third-order valence-electron chi connectivity index (χ3n) is 6.17. The molecule has 1 saturated heterocycles. The number of H-pyrrole nitrogens is 1. The average Bonchev–Trinajstić information content (AvgIpc) is 3.29. The van der Waals surface area contributed by atoms with Gasteiger partial charge in [-0.1, -0.05) is 23.7 Å². The molecule has 0 amide bonds. The molecule has 1 atom stereocenters. The van der Waals surface area contributed by atoms with Crippen molar-refractivity contribution in [3.8, 4) is 0 Å². The lowest BCUT2D eigenvalue weighted by molar-refractivity contribution is -0.137. The quantitative estimate of drug-likeness (QED) is 0.478. The second-order valence-electron chi connectivity index (χ2n) is 8.69. The lowest BCUT2D eigenvalue weighted by atomic mass is 10.0. The van der Waals surface area contributed by atoms with Gasteiger partial charge in [0.05, 0.1) is 22.2 Å². The van der Waals surface area contributed by atoms with E-state index in [1.807, 2.05) is 26.0 Å². The molecular weight excluding hydrogens is 505 g/mol. The van der Waals surface area contributed by atoms with E-state index >= 15 is 0 Å². The maximum absolute atomic E-state index is 13.6. The fourth-order valence-corrected chi connectivity index (χ4v) is 6.16. The summed E-state index contributed by atoms with van der Waals surface area (Å²) < 4.78 is 73.8.